The van der Waals surface area contributed by atoms with Gasteiger partial charge in [-0.15, -0.1) is 11.6 Å². The number of hydrogen-bond acceptors (Lipinski definition) is 1. The number of hydrogen-bond donors (Lipinski definition) is 1. The molecule has 0 amide bonds. The molecule has 0 aromatic rings. The third-order valence-electron chi connectivity index (χ3n) is 2.15. The molecule has 0 heterocycles. The van der Waals surface area contributed by atoms with E-state index in [1.807, 2.05) is 0 Å². The highest BCUT2D eigenvalue weighted by Gasteiger charge is 2.27. The third-order valence-corrected chi connectivity index (χ3v) is 2.68. The first-order valence-corrected chi connectivity index (χ1v) is 4.16. The Morgan fingerprint density at radius 3 is 2.70 bits per heavy atom. The fourth-order valence-electron chi connectivity index (χ4n) is 1.40. The van der Waals surface area contributed by atoms with E-state index in [2.05, 4.69) is 0 Å². The number of nitrogens with two attached hydrogens (primary N) is 1. The van der Waals surface area contributed by atoms with Gasteiger partial charge in [-0.05, 0) is 31.7 Å². The van der Waals surface area contributed by atoms with Crippen molar-refractivity contribution in [3.63, 3.8) is 0 Å². The minimum absolute atomic E-state index is 0.0336. The summed E-state index contributed by atoms with van der Waals surface area (Å²) in [6.45, 7) is 0.598. The van der Waals surface area contributed by atoms with E-state index in [9.17, 15) is 4.39 Å². The minimum atomic E-state index is -0.690. The van der Waals surface area contributed by atoms with Crippen LogP contribution in [0, 0.1) is 5.92 Å². The molecule has 3 atom stereocenters. The summed E-state index contributed by atoms with van der Waals surface area (Å²) < 4.78 is 12.6. The van der Waals surface area contributed by atoms with Gasteiger partial charge in [0.1, 0.15) is 6.17 Å². The van der Waals surface area contributed by atoms with Crippen LogP contribution in [0.15, 0.2) is 0 Å². The molecule has 1 aliphatic rings. The molecule has 3 heteroatoms. The maximum Gasteiger partial charge on any atom is 0.102 e. The monoisotopic (exact) mass is 165 g/mol. The molecule has 1 rings (SSSR count). The molecule has 2 N–H and O–H groups in total. The Hall–Kier alpha value is 0.180. The summed E-state index contributed by atoms with van der Waals surface area (Å²) in [5.74, 6) is 0.341. The Morgan fingerprint density at radius 2 is 2.20 bits per heavy atom. The van der Waals surface area contributed by atoms with Crippen molar-refractivity contribution in [1.29, 1.82) is 0 Å². The molecule has 60 valence electrons. The van der Waals surface area contributed by atoms with Gasteiger partial charge in [0.05, 0.1) is 0 Å². The summed E-state index contributed by atoms with van der Waals surface area (Å²) in [4.78, 5) is 0. The lowest BCUT2D eigenvalue weighted by Crippen LogP contribution is -2.31. The van der Waals surface area contributed by atoms with Crippen LogP contribution < -0.4 is 5.73 Å². The second kappa shape index (κ2) is 3.54. The molecule has 1 saturated carbocycles. The average molecular weight is 166 g/mol. The molecular weight excluding hydrogens is 153 g/mol. The number of alkyl halides is 2. The predicted octanol–water partition coefficient (Wildman–Crippen LogP) is 1.69. The molecule has 10 heavy (non-hydrogen) atoms. The summed E-state index contributed by atoms with van der Waals surface area (Å²) in [5.41, 5.74) is 5.43. The van der Waals surface area contributed by atoms with Crippen molar-refractivity contribution in [2.24, 2.45) is 11.7 Å². The first-order chi connectivity index (χ1) is 4.74. The quantitative estimate of drug-likeness (QED) is 0.588. The van der Waals surface area contributed by atoms with Crippen molar-refractivity contribution in [1.82, 2.24) is 0 Å². The van der Waals surface area contributed by atoms with Crippen LogP contribution in [0.4, 0.5) is 4.39 Å². The summed E-state index contributed by atoms with van der Waals surface area (Å²) in [7, 11) is 0. The van der Waals surface area contributed by atoms with Gasteiger partial charge in [0.15, 0.2) is 0 Å². The highest BCUT2D eigenvalue weighted by molar-refractivity contribution is 6.20. The van der Waals surface area contributed by atoms with Gasteiger partial charge in [-0.2, -0.15) is 0 Å². The summed E-state index contributed by atoms with van der Waals surface area (Å²) in [6.07, 6.45) is 1.30. The van der Waals surface area contributed by atoms with Gasteiger partial charge >= 0.3 is 0 Å². The molecule has 1 aliphatic carbocycles. The standard InChI is InChI=1S/C7H13ClFN/c8-7-3-6(9)2-1-5(7)4-10/h5-7H,1-4,10H2. The van der Waals surface area contributed by atoms with Crippen molar-refractivity contribution < 1.29 is 4.39 Å². The maximum atomic E-state index is 12.6. The molecular formula is C7H13ClFN. The maximum absolute atomic E-state index is 12.6. The van der Waals surface area contributed by atoms with E-state index in [0.29, 0.717) is 25.3 Å². The van der Waals surface area contributed by atoms with E-state index in [4.69, 9.17) is 17.3 Å². The van der Waals surface area contributed by atoms with Gasteiger partial charge in [0, 0.05) is 5.38 Å². The van der Waals surface area contributed by atoms with E-state index >= 15 is 0 Å². The first kappa shape index (κ1) is 8.28. The van der Waals surface area contributed by atoms with Gasteiger partial charge in [0.25, 0.3) is 0 Å². The molecule has 0 saturated heterocycles. The number of halogens is 2. The van der Waals surface area contributed by atoms with Gasteiger partial charge in [0.2, 0.25) is 0 Å². The van der Waals surface area contributed by atoms with Crippen LogP contribution in [0.2, 0.25) is 0 Å². The molecule has 0 spiro atoms. The normalized spacial score (nSPS) is 41.7. The molecule has 0 aliphatic heterocycles. The molecule has 1 fully saturated rings. The van der Waals surface area contributed by atoms with Crippen LogP contribution in [0.3, 0.4) is 0 Å². The van der Waals surface area contributed by atoms with E-state index in [1.54, 1.807) is 0 Å². The highest BCUT2D eigenvalue weighted by Crippen LogP contribution is 2.29. The minimum Gasteiger partial charge on any atom is -0.330 e. The van der Waals surface area contributed by atoms with Crippen molar-refractivity contribution in [3.8, 4) is 0 Å². The zero-order chi connectivity index (χ0) is 7.56. The largest absolute Gasteiger partial charge is 0.330 e. The molecule has 0 aromatic carbocycles. The molecule has 1 nitrogen and oxygen atoms in total. The Labute approximate surface area is 65.7 Å². The lowest BCUT2D eigenvalue weighted by molar-refractivity contribution is 0.214. The lowest BCUT2D eigenvalue weighted by Gasteiger charge is -2.27. The predicted molar refractivity (Wildman–Crippen MR) is 40.9 cm³/mol. The van der Waals surface area contributed by atoms with Crippen molar-refractivity contribution in [2.75, 3.05) is 6.54 Å². The molecule has 0 radical (unpaired) electrons. The molecule has 3 unspecified atom stereocenters. The van der Waals surface area contributed by atoms with Crippen molar-refractivity contribution in [3.05, 3.63) is 0 Å². The summed E-state index contributed by atoms with van der Waals surface area (Å²) in [5, 5.41) is -0.0336. The van der Waals surface area contributed by atoms with Crippen molar-refractivity contribution >= 4 is 11.6 Å². The zero-order valence-electron chi connectivity index (χ0n) is 5.89. The average Bonchev–Trinajstić information content (AvgIpc) is 1.88. The van der Waals surface area contributed by atoms with E-state index in [-0.39, 0.29) is 5.38 Å². The second-order valence-corrected chi connectivity index (χ2v) is 3.48. The van der Waals surface area contributed by atoms with Gasteiger partial charge < -0.3 is 5.73 Å². The third kappa shape index (κ3) is 1.83. The molecule has 0 bridgehead atoms. The second-order valence-electron chi connectivity index (χ2n) is 2.92. The van der Waals surface area contributed by atoms with Crippen LogP contribution >= 0.6 is 11.6 Å². The Kier molecular flexibility index (Phi) is 2.93. The zero-order valence-corrected chi connectivity index (χ0v) is 6.65. The van der Waals surface area contributed by atoms with Crippen molar-refractivity contribution in [2.45, 2.75) is 30.8 Å². The van der Waals surface area contributed by atoms with Crippen LogP contribution in [-0.2, 0) is 0 Å². The summed E-state index contributed by atoms with van der Waals surface area (Å²) in [6, 6.07) is 0. The van der Waals surface area contributed by atoms with Gasteiger partial charge in [-0.1, -0.05) is 0 Å². The van der Waals surface area contributed by atoms with Crippen LogP contribution in [0.25, 0.3) is 0 Å². The fourth-order valence-corrected chi connectivity index (χ4v) is 1.82. The first-order valence-electron chi connectivity index (χ1n) is 3.72. The lowest BCUT2D eigenvalue weighted by atomic mass is 9.88. The van der Waals surface area contributed by atoms with Crippen LogP contribution in [0.5, 0.6) is 0 Å². The Morgan fingerprint density at radius 1 is 1.50 bits per heavy atom. The highest BCUT2D eigenvalue weighted by atomic mass is 35.5. The van der Waals surface area contributed by atoms with Crippen LogP contribution in [-0.4, -0.2) is 18.1 Å². The van der Waals surface area contributed by atoms with Crippen LogP contribution in [0.1, 0.15) is 19.3 Å². The molecule has 0 aromatic heterocycles. The summed E-state index contributed by atoms with van der Waals surface area (Å²) >= 11 is 5.86. The number of rotatable bonds is 1. The van der Waals surface area contributed by atoms with E-state index in [1.165, 1.54) is 0 Å². The van der Waals surface area contributed by atoms with Gasteiger partial charge in [-0.25, -0.2) is 4.39 Å². The Balaban J connectivity index is 2.36. The SMILES string of the molecule is NCC1CCC(F)CC1Cl. The fraction of sp³-hybridized carbons (Fsp3) is 1.00. The van der Waals surface area contributed by atoms with Gasteiger partial charge in [-0.3, -0.25) is 0 Å². The topological polar surface area (TPSA) is 26.0 Å². The van der Waals surface area contributed by atoms with E-state index < -0.39 is 6.17 Å². The Bertz CT molecular complexity index is 110. The smallest absolute Gasteiger partial charge is 0.102 e. The van der Waals surface area contributed by atoms with E-state index in [0.717, 1.165) is 6.42 Å².